The van der Waals surface area contributed by atoms with Gasteiger partial charge in [0.05, 0.1) is 0 Å². The molecule has 0 fully saturated rings. The Hall–Kier alpha value is -2.57. The lowest BCUT2D eigenvalue weighted by atomic mass is 9.95. The molecule has 1 aromatic carbocycles. The average Bonchev–Trinajstić information content (AvgIpc) is 2.48. The molecule has 0 saturated carbocycles. The normalized spacial score (nSPS) is 11.5. The molecule has 1 aromatic rings. The lowest BCUT2D eigenvalue weighted by molar-refractivity contribution is -0.128. The van der Waals surface area contributed by atoms with E-state index < -0.39 is 17.1 Å². The summed E-state index contributed by atoms with van der Waals surface area (Å²) in [4.78, 5) is 35.4. The summed E-state index contributed by atoms with van der Waals surface area (Å²) in [6.45, 7) is 10.9. The summed E-state index contributed by atoms with van der Waals surface area (Å²) in [7, 11) is 0. The van der Waals surface area contributed by atoms with E-state index in [9.17, 15) is 14.4 Å². The van der Waals surface area contributed by atoms with E-state index >= 15 is 0 Å². The summed E-state index contributed by atoms with van der Waals surface area (Å²) < 4.78 is 5.07. The van der Waals surface area contributed by atoms with Crippen molar-refractivity contribution in [1.29, 1.82) is 0 Å². The van der Waals surface area contributed by atoms with Crippen LogP contribution in [0.1, 0.15) is 47.1 Å². The number of hydrogen-bond donors (Lipinski definition) is 3. The molecule has 26 heavy (non-hydrogen) atoms. The summed E-state index contributed by atoms with van der Waals surface area (Å²) in [5.74, 6) is -0.416. The van der Waals surface area contributed by atoms with Gasteiger partial charge in [-0.2, -0.15) is 0 Å². The number of nitrogens with one attached hydrogen (secondary N) is 3. The topological polar surface area (TPSA) is 96.5 Å². The number of anilines is 1. The number of rotatable bonds is 5. The molecule has 0 saturated heterocycles. The molecule has 3 N–H and O–H groups in total. The Kier molecular flexibility index (Phi) is 7.18. The quantitative estimate of drug-likeness (QED) is 0.749. The van der Waals surface area contributed by atoms with Gasteiger partial charge in [0, 0.05) is 17.6 Å². The molecule has 144 valence electrons. The molecular weight excluding hydrogens is 334 g/mol. The highest BCUT2D eigenvalue weighted by Gasteiger charge is 2.20. The van der Waals surface area contributed by atoms with Crippen LogP contribution in [0.4, 0.5) is 10.5 Å². The van der Waals surface area contributed by atoms with Crippen molar-refractivity contribution in [3.05, 3.63) is 29.8 Å². The van der Waals surface area contributed by atoms with Crippen molar-refractivity contribution in [3.8, 4) is 0 Å². The second-order valence-corrected chi connectivity index (χ2v) is 8.04. The second-order valence-electron chi connectivity index (χ2n) is 8.04. The SMILES string of the molecule is CC(C)(C)OC(=O)NCC(=O)Nc1cccc(CNC(=O)C(C)(C)C)c1. The molecule has 7 nitrogen and oxygen atoms in total. The molecule has 0 spiro atoms. The van der Waals surface area contributed by atoms with Crippen molar-refractivity contribution in [2.75, 3.05) is 11.9 Å². The molecule has 3 amide bonds. The van der Waals surface area contributed by atoms with Crippen LogP contribution in [0.2, 0.25) is 0 Å². The van der Waals surface area contributed by atoms with Crippen LogP contribution < -0.4 is 16.0 Å². The van der Waals surface area contributed by atoms with E-state index in [0.29, 0.717) is 12.2 Å². The molecule has 0 aromatic heterocycles. The van der Waals surface area contributed by atoms with Crippen LogP contribution in [-0.2, 0) is 20.9 Å². The predicted molar refractivity (Wildman–Crippen MR) is 101 cm³/mol. The van der Waals surface area contributed by atoms with Crippen molar-refractivity contribution < 1.29 is 19.1 Å². The first-order valence-corrected chi connectivity index (χ1v) is 8.51. The fraction of sp³-hybridized carbons (Fsp3) is 0.526. The Morgan fingerprint density at radius 2 is 1.65 bits per heavy atom. The zero-order valence-electron chi connectivity index (χ0n) is 16.4. The zero-order chi connectivity index (χ0) is 20.0. The number of alkyl carbamates (subject to hydrolysis) is 1. The molecule has 0 aliphatic carbocycles. The van der Waals surface area contributed by atoms with E-state index in [-0.39, 0.29) is 18.4 Å². The minimum absolute atomic E-state index is 0.0477. The van der Waals surface area contributed by atoms with Gasteiger partial charge in [-0.05, 0) is 38.5 Å². The van der Waals surface area contributed by atoms with Crippen molar-refractivity contribution in [2.24, 2.45) is 5.41 Å². The molecule has 0 atom stereocenters. The zero-order valence-corrected chi connectivity index (χ0v) is 16.4. The molecule has 0 heterocycles. The summed E-state index contributed by atoms with van der Waals surface area (Å²) >= 11 is 0. The molecule has 7 heteroatoms. The number of hydrogen-bond acceptors (Lipinski definition) is 4. The van der Waals surface area contributed by atoms with E-state index in [1.54, 1.807) is 39.0 Å². The van der Waals surface area contributed by atoms with E-state index in [1.807, 2.05) is 26.8 Å². The average molecular weight is 363 g/mol. The van der Waals surface area contributed by atoms with Gasteiger partial charge in [-0.15, -0.1) is 0 Å². The summed E-state index contributed by atoms with van der Waals surface area (Å²) in [6.07, 6.45) is -0.647. The number of amides is 3. The summed E-state index contributed by atoms with van der Waals surface area (Å²) in [6, 6.07) is 7.15. The smallest absolute Gasteiger partial charge is 0.408 e. The fourth-order valence-corrected chi connectivity index (χ4v) is 1.88. The maximum absolute atomic E-state index is 11.9. The highest BCUT2D eigenvalue weighted by atomic mass is 16.6. The van der Waals surface area contributed by atoms with Gasteiger partial charge < -0.3 is 20.7 Å². The molecule has 1 rings (SSSR count). The maximum atomic E-state index is 11.9. The molecular formula is C19H29N3O4. The lowest BCUT2D eigenvalue weighted by Gasteiger charge is -2.19. The number of ether oxygens (including phenoxy) is 1. The van der Waals surface area contributed by atoms with Gasteiger partial charge in [0.1, 0.15) is 12.1 Å². The summed E-state index contributed by atoms with van der Waals surface area (Å²) in [5.41, 5.74) is 0.370. The Balaban J connectivity index is 2.51. The Bertz CT molecular complexity index is 657. The van der Waals surface area contributed by atoms with Crippen LogP contribution in [0.5, 0.6) is 0 Å². The molecule has 0 unspecified atom stereocenters. The third-order valence-electron chi connectivity index (χ3n) is 3.14. The number of benzene rings is 1. The van der Waals surface area contributed by atoms with Crippen molar-refractivity contribution in [2.45, 2.75) is 53.7 Å². The minimum Gasteiger partial charge on any atom is -0.444 e. The minimum atomic E-state index is -0.647. The molecule has 0 bridgehead atoms. The van der Waals surface area contributed by atoms with E-state index in [4.69, 9.17) is 4.74 Å². The van der Waals surface area contributed by atoms with Crippen LogP contribution in [-0.4, -0.2) is 30.1 Å². The van der Waals surface area contributed by atoms with Crippen molar-refractivity contribution >= 4 is 23.6 Å². The van der Waals surface area contributed by atoms with Gasteiger partial charge in [-0.1, -0.05) is 32.9 Å². The third kappa shape index (κ3) is 8.50. The third-order valence-corrected chi connectivity index (χ3v) is 3.14. The molecule has 0 radical (unpaired) electrons. The first-order valence-electron chi connectivity index (χ1n) is 8.51. The van der Waals surface area contributed by atoms with Gasteiger partial charge in [-0.3, -0.25) is 9.59 Å². The fourth-order valence-electron chi connectivity index (χ4n) is 1.88. The second kappa shape index (κ2) is 8.69. The van der Waals surface area contributed by atoms with E-state index in [2.05, 4.69) is 16.0 Å². The van der Waals surface area contributed by atoms with Crippen molar-refractivity contribution in [3.63, 3.8) is 0 Å². The van der Waals surface area contributed by atoms with E-state index in [1.165, 1.54) is 0 Å². The number of carbonyl (C=O) groups is 3. The van der Waals surface area contributed by atoms with Gasteiger partial charge in [0.2, 0.25) is 11.8 Å². The Morgan fingerprint density at radius 3 is 2.23 bits per heavy atom. The van der Waals surface area contributed by atoms with Crippen LogP contribution in [0, 0.1) is 5.41 Å². The molecule has 0 aliphatic rings. The lowest BCUT2D eigenvalue weighted by Crippen LogP contribution is -2.37. The first kappa shape index (κ1) is 21.5. The largest absolute Gasteiger partial charge is 0.444 e. The first-order chi connectivity index (χ1) is 11.9. The van der Waals surface area contributed by atoms with Gasteiger partial charge in [0.25, 0.3) is 0 Å². The van der Waals surface area contributed by atoms with Crippen LogP contribution in [0.25, 0.3) is 0 Å². The van der Waals surface area contributed by atoms with Crippen molar-refractivity contribution in [1.82, 2.24) is 10.6 Å². The predicted octanol–water partition coefficient (Wildman–Crippen LogP) is 2.81. The van der Waals surface area contributed by atoms with Crippen LogP contribution >= 0.6 is 0 Å². The summed E-state index contributed by atoms with van der Waals surface area (Å²) in [5, 5.41) is 7.95. The highest BCUT2D eigenvalue weighted by molar-refractivity contribution is 5.93. The van der Waals surface area contributed by atoms with Crippen LogP contribution in [0.15, 0.2) is 24.3 Å². The number of carbonyl (C=O) groups excluding carboxylic acids is 3. The molecule has 0 aliphatic heterocycles. The monoisotopic (exact) mass is 363 g/mol. The maximum Gasteiger partial charge on any atom is 0.408 e. The Labute approximate surface area is 154 Å². The van der Waals surface area contributed by atoms with Crippen LogP contribution in [0.3, 0.4) is 0 Å². The Morgan fingerprint density at radius 1 is 1.00 bits per heavy atom. The van der Waals surface area contributed by atoms with E-state index in [0.717, 1.165) is 5.56 Å². The van der Waals surface area contributed by atoms with Gasteiger partial charge >= 0.3 is 6.09 Å². The van der Waals surface area contributed by atoms with Gasteiger partial charge in [0.15, 0.2) is 0 Å². The van der Waals surface area contributed by atoms with Gasteiger partial charge in [-0.25, -0.2) is 4.79 Å². The standard InChI is InChI=1S/C19H29N3O4/c1-18(2,3)16(24)20-11-13-8-7-9-14(10-13)22-15(23)12-21-17(25)26-19(4,5)6/h7-10H,11-12H2,1-6H3,(H,20,24)(H,21,25)(H,22,23). The highest BCUT2D eigenvalue weighted by Crippen LogP contribution is 2.14.